The van der Waals surface area contributed by atoms with Crippen molar-refractivity contribution in [3.8, 4) is 5.75 Å². The van der Waals surface area contributed by atoms with Crippen LogP contribution in [-0.4, -0.2) is 53.3 Å². The summed E-state index contributed by atoms with van der Waals surface area (Å²) in [6.07, 6.45) is 0. The first-order valence-corrected chi connectivity index (χ1v) is 10.8. The molecule has 2 aromatic rings. The van der Waals surface area contributed by atoms with Crippen molar-refractivity contribution in [2.24, 2.45) is 0 Å². The summed E-state index contributed by atoms with van der Waals surface area (Å²) in [6, 6.07) is 6.51. The number of hydrogen-bond donors (Lipinski definition) is 2. The maximum atomic E-state index is 12.8. The Morgan fingerprint density at radius 2 is 1.96 bits per heavy atom. The lowest BCUT2D eigenvalue weighted by Gasteiger charge is -2.20. The summed E-state index contributed by atoms with van der Waals surface area (Å²) in [6.45, 7) is 4.51. The Balaban J connectivity index is 2.25. The van der Waals surface area contributed by atoms with Crippen LogP contribution in [0.1, 0.15) is 12.6 Å². The number of aromatic nitrogens is 1. The molecule has 0 fully saturated rings. The van der Waals surface area contributed by atoms with Crippen LogP contribution in [0.5, 0.6) is 5.75 Å². The van der Waals surface area contributed by atoms with Crippen LogP contribution in [0.4, 0.5) is 15.6 Å². The fourth-order valence-corrected chi connectivity index (χ4v) is 4.64. The number of rotatable bonds is 9. The molecule has 1 heterocycles. The van der Waals surface area contributed by atoms with Gasteiger partial charge in [-0.15, -0.1) is 0 Å². The third-order valence-electron chi connectivity index (χ3n) is 3.67. The second-order valence-corrected chi connectivity index (χ2v) is 8.67. The number of sulfonamides is 1. The lowest BCUT2D eigenvalue weighted by Crippen LogP contribution is -2.37. The van der Waals surface area contributed by atoms with Gasteiger partial charge in [-0.3, -0.25) is 4.90 Å². The number of benzene rings is 1. The Morgan fingerprint density at radius 1 is 1.29 bits per heavy atom. The van der Waals surface area contributed by atoms with E-state index in [0.29, 0.717) is 23.7 Å². The van der Waals surface area contributed by atoms with Gasteiger partial charge in [-0.05, 0) is 45.2 Å². The molecule has 9 nitrogen and oxygen atoms in total. The first-order valence-electron chi connectivity index (χ1n) is 8.53. The van der Waals surface area contributed by atoms with E-state index in [0.717, 1.165) is 11.3 Å². The molecule has 2 N–H and O–H groups in total. The summed E-state index contributed by atoms with van der Waals surface area (Å²) in [5.41, 5.74) is 0.901. The number of carbonyl (C=O) groups is 1. The SMILES string of the molecule is CCOc1ccc(NC(=O)N(CCOC)c2nc(C)c(S(=O)(=O)NC)s2)cc1. The largest absolute Gasteiger partial charge is 0.494 e. The van der Waals surface area contributed by atoms with Crippen LogP contribution in [0.3, 0.4) is 0 Å². The highest BCUT2D eigenvalue weighted by Gasteiger charge is 2.25. The molecule has 2 amide bonds. The number of hydrogen-bond acceptors (Lipinski definition) is 7. The van der Waals surface area contributed by atoms with Gasteiger partial charge in [-0.25, -0.2) is 22.9 Å². The van der Waals surface area contributed by atoms with Gasteiger partial charge in [0.25, 0.3) is 10.0 Å². The van der Waals surface area contributed by atoms with Crippen LogP contribution in [0.25, 0.3) is 0 Å². The molecule has 0 radical (unpaired) electrons. The number of thiazole rings is 1. The number of anilines is 2. The third-order valence-corrected chi connectivity index (χ3v) is 6.87. The molecule has 0 aliphatic rings. The molecule has 11 heteroatoms. The molecule has 1 aromatic heterocycles. The zero-order chi connectivity index (χ0) is 20.7. The smallest absolute Gasteiger partial charge is 0.328 e. The number of urea groups is 1. The van der Waals surface area contributed by atoms with E-state index in [4.69, 9.17) is 9.47 Å². The van der Waals surface area contributed by atoms with Gasteiger partial charge in [-0.1, -0.05) is 11.3 Å². The van der Waals surface area contributed by atoms with Crippen molar-refractivity contribution >= 4 is 38.2 Å². The molecule has 0 saturated heterocycles. The van der Waals surface area contributed by atoms with Crippen molar-refractivity contribution in [3.05, 3.63) is 30.0 Å². The lowest BCUT2D eigenvalue weighted by atomic mass is 10.3. The molecule has 0 bridgehead atoms. The number of ether oxygens (including phenoxy) is 2. The van der Waals surface area contributed by atoms with Crippen LogP contribution < -0.4 is 19.7 Å². The average Bonchev–Trinajstić information content (AvgIpc) is 3.06. The number of amides is 2. The molecule has 0 aliphatic carbocycles. The maximum Gasteiger partial charge on any atom is 0.328 e. The monoisotopic (exact) mass is 428 g/mol. The highest BCUT2D eigenvalue weighted by molar-refractivity contribution is 7.91. The standard InChI is InChI=1S/C17H24N4O5S2/c1-5-26-14-8-6-13(7-9-14)20-16(22)21(10-11-25-4)17-19-12(2)15(27-17)28(23,24)18-3/h6-9,18H,5,10-11H2,1-4H3,(H,20,22). The van der Waals surface area contributed by atoms with E-state index in [9.17, 15) is 13.2 Å². The Bertz CT molecular complexity index is 897. The molecule has 0 unspecified atom stereocenters. The van der Waals surface area contributed by atoms with E-state index in [1.54, 1.807) is 31.2 Å². The van der Waals surface area contributed by atoms with Gasteiger partial charge in [0, 0.05) is 12.8 Å². The molecule has 0 saturated carbocycles. The van der Waals surface area contributed by atoms with Crippen molar-refractivity contribution in [2.75, 3.05) is 44.1 Å². The molecular weight excluding hydrogens is 404 g/mol. The van der Waals surface area contributed by atoms with Crippen LogP contribution >= 0.6 is 11.3 Å². The quantitative estimate of drug-likeness (QED) is 0.635. The first-order chi connectivity index (χ1) is 13.3. The molecular formula is C17H24N4O5S2. The van der Waals surface area contributed by atoms with E-state index < -0.39 is 16.1 Å². The summed E-state index contributed by atoms with van der Waals surface area (Å²) < 4.78 is 37.0. The predicted octanol–water partition coefficient (Wildman–Crippen LogP) is 2.44. The van der Waals surface area contributed by atoms with Crippen molar-refractivity contribution in [3.63, 3.8) is 0 Å². The highest BCUT2D eigenvalue weighted by atomic mass is 32.2. The van der Waals surface area contributed by atoms with E-state index in [1.165, 1.54) is 19.1 Å². The maximum absolute atomic E-state index is 12.8. The van der Waals surface area contributed by atoms with Gasteiger partial charge >= 0.3 is 6.03 Å². The van der Waals surface area contributed by atoms with Crippen LogP contribution in [0, 0.1) is 6.92 Å². The number of carbonyl (C=O) groups excluding carboxylic acids is 1. The number of nitrogens with zero attached hydrogens (tertiary/aromatic N) is 2. The van der Waals surface area contributed by atoms with E-state index in [-0.39, 0.29) is 22.5 Å². The summed E-state index contributed by atoms with van der Waals surface area (Å²) in [5, 5.41) is 3.05. The Hall–Kier alpha value is -2.21. The molecule has 2 rings (SSSR count). The van der Waals surface area contributed by atoms with Crippen LogP contribution in [-0.2, 0) is 14.8 Å². The highest BCUT2D eigenvalue weighted by Crippen LogP contribution is 2.30. The molecule has 0 spiro atoms. The number of methoxy groups -OCH3 is 1. The fraction of sp³-hybridized carbons (Fsp3) is 0.412. The minimum absolute atomic E-state index is 0.0706. The normalized spacial score (nSPS) is 11.3. The minimum Gasteiger partial charge on any atom is -0.494 e. The second kappa shape index (κ2) is 9.82. The van der Waals surface area contributed by atoms with Crippen molar-refractivity contribution in [1.29, 1.82) is 0 Å². The third kappa shape index (κ3) is 5.41. The van der Waals surface area contributed by atoms with Crippen LogP contribution in [0.15, 0.2) is 28.5 Å². The van der Waals surface area contributed by atoms with E-state index in [1.807, 2.05) is 6.92 Å². The summed E-state index contributed by atoms with van der Waals surface area (Å²) in [7, 11) is -0.805. The number of nitrogens with one attached hydrogen (secondary N) is 2. The summed E-state index contributed by atoms with van der Waals surface area (Å²) >= 11 is 0.925. The minimum atomic E-state index is -3.65. The van der Waals surface area contributed by atoms with E-state index in [2.05, 4.69) is 15.0 Å². The Labute approximate surface area is 168 Å². The lowest BCUT2D eigenvalue weighted by molar-refractivity contribution is 0.204. The van der Waals surface area contributed by atoms with Gasteiger partial charge in [0.2, 0.25) is 0 Å². The van der Waals surface area contributed by atoms with Gasteiger partial charge in [-0.2, -0.15) is 0 Å². The number of aryl methyl sites for hydroxylation is 1. The van der Waals surface area contributed by atoms with Gasteiger partial charge in [0.15, 0.2) is 9.34 Å². The Kier molecular flexibility index (Phi) is 7.75. The fourth-order valence-electron chi connectivity index (χ4n) is 2.28. The molecule has 0 aliphatic heterocycles. The van der Waals surface area contributed by atoms with Crippen molar-refractivity contribution in [1.82, 2.24) is 9.71 Å². The van der Waals surface area contributed by atoms with Crippen molar-refractivity contribution < 1.29 is 22.7 Å². The van der Waals surface area contributed by atoms with Crippen molar-refractivity contribution in [2.45, 2.75) is 18.1 Å². The van der Waals surface area contributed by atoms with Gasteiger partial charge < -0.3 is 14.8 Å². The molecule has 154 valence electrons. The zero-order valence-corrected chi connectivity index (χ0v) is 17.8. The average molecular weight is 429 g/mol. The predicted molar refractivity (Wildman–Crippen MR) is 109 cm³/mol. The molecule has 28 heavy (non-hydrogen) atoms. The van der Waals surface area contributed by atoms with Gasteiger partial charge in [0.05, 0.1) is 25.5 Å². The second-order valence-electron chi connectivity index (χ2n) is 5.61. The van der Waals surface area contributed by atoms with Gasteiger partial charge in [0.1, 0.15) is 5.75 Å². The topological polar surface area (TPSA) is 110 Å². The summed E-state index contributed by atoms with van der Waals surface area (Å²) in [4.78, 5) is 18.4. The summed E-state index contributed by atoms with van der Waals surface area (Å²) in [5.74, 6) is 0.703. The Morgan fingerprint density at radius 3 is 2.54 bits per heavy atom. The molecule has 0 atom stereocenters. The van der Waals surface area contributed by atoms with Crippen LogP contribution in [0.2, 0.25) is 0 Å². The van der Waals surface area contributed by atoms with E-state index >= 15 is 0 Å². The first kappa shape index (κ1) is 22.1. The zero-order valence-electron chi connectivity index (χ0n) is 16.2. The molecule has 1 aromatic carbocycles.